The molecule has 1 N–H and O–H groups in total. The molecule has 1 atom stereocenters. The number of fused-ring (bicyclic) bond motifs is 1. The Bertz CT molecular complexity index is 950. The summed E-state index contributed by atoms with van der Waals surface area (Å²) < 4.78 is 0.463. The Morgan fingerprint density at radius 1 is 1.25 bits per heavy atom. The van der Waals surface area contributed by atoms with Crippen LogP contribution < -0.4 is 5.32 Å². The van der Waals surface area contributed by atoms with E-state index in [1.54, 1.807) is 12.1 Å². The molecule has 4 aliphatic rings. The molecule has 1 aromatic carbocycles. The van der Waals surface area contributed by atoms with Gasteiger partial charge >= 0.3 is 0 Å². The van der Waals surface area contributed by atoms with Crippen molar-refractivity contribution in [2.45, 2.75) is 51.5 Å². The van der Waals surface area contributed by atoms with E-state index in [4.69, 9.17) is 11.6 Å². The summed E-state index contributed by atoms with van der Waals surface area (Å²) >= 11 is 7.58. The average Bonchev–Trinajstić information content (AvgIpc) is 2.97. The van der Waals surface area contributed by atoms with Crippen molar-refractivity contribution < 1.29 is 9.72 Å². The molecular weight excluding hydrogens is 396 g/mol. The van der Waals surface area contributed by atoms with Crippen molar-refractivity contribution in [3.8, 4) is 0 Å². The van der Waals surface area contributed by atoms with Crippen molar-refractivity contribution in [1.82, 2.24) is 5.32 Å². The minimum absolute atomic E-state index is 0.00224. The van der Waals surface area contributed by atoms with Gasteiger partial charge in [0.05, 0.1) is 9.95 Å². The van der Waals surface area contributed by atoms with Crippen LogP contribution in [0.3, 0.4) is 0 Å². The van der Waals surface area contributed by atoms with Gasteiger partial charge in [0.1, 0.15) is 9.58 Å². The first-order valence-electron chi connectivity index (χ1n) is 10.0. The van der Waals surface area contributed by atoms with Crippen molar-refractivity contribution in [2.75, 3.05) is 0 Å². The van der Waals surface area contributed by atoms with E-state index in [9.17, 15) is 14.9 Å². The van der Waals surface area contributed by atoms with Gasteiger partial charge < -0.3 is 5.32 Å². The van der Waals surface area contributed by atoms with Gasteiger partial charge in [0.2, 0.25) is 0 Å². The van der Waals surface area contributed by atoms with Crippen LogP contribution in [0.2, 0.25) is 5.02 Å². The number of rotatable bonds is 4. The predicted octanol–water partition coefficient (Wildman–Crippen LogP) is 5.80. The highest BCUT2D eigenvalue weighted by molar-refractivity contribution is 7.22. The summed E-state index contributed by atoms with van der Waals surface area (Å²) in [6.45, 7) is 2.13. The Labute approximate surface area is 172 Å². The number of carbonyl (C=O) groups is 1. The van der Waals surface area contributed by atoms with Gasteiger partial charge in [-0.1, -0.05) is 23.7 Å². The molecule has 1 amide bonds. The van der Waals surface area contributed by atoms with Crippen LogP contribution in [0.1, 0.15) is 55.1 Å². The number of hydrogen-bond donors (Lipinski definition) is 1. The van der Waals surface area contributed by atoms with E-state index in [2.05, 4.69) is 12.2 Å². The van der Waals surface area contributed by atoms with E-state index >= 15 is 0 Å². The van der Waals surface area contributed by atoms with Crippen LogP contribution in [0.4, 0.5) is 5.69 Å². The van der Waals surface area contributed by atoms with Crippen molar-refractivity contribution in [2.24, 2.45) is 23.2 Å². The molecule has 1 unspecified atom stereocenters. The highest BCUT2D eigenvalue weighted by atomic mass is 35.5. The zero-order valence-electron chi connectivity index (χ0n) is 15.7. The molecule has 7 heteroatoms. The van der Waals surface area contributed by atoms with Crippen molar-refractivity contribution in [1.29, 1.82) is 0 Å². The summed E-state index contributed by atoms with van der Waals surface area (Å²) in [4.78, 5) is 24.3. The van der Waals surface area contributed by atoms with E-state index in [1.807, 2.05) is 0 Å². The number of non-ortho nitro benzene ring substituents is 1. The molecule has 4 bridgehead atoms. The first-order chi connectivity index (χ1) is 13.4. The Morgan fingerprint density at radius 2 is 1.86 bits per heavy atom. The van der Waals surface area contributed by atoms with Gasteiger partial charge in [-0.3, -0.25) is 14.9 Å². The number of carbonyl (C=O) groups excluding carboxylic acids is 1. The monoisotopic (exact) mass is 418 g/mol. The van der Waals surface area contributed by atoms with Gasteiger partial charge in [0, 0.05) is 17.5 Å². The Kier molecular flexibility index (Phi) is 4.22. The smallest absolute Gasteiger partial charge is 0.287 e. The maximum atomic E-state index is 13.1. The largest absolute Gasteiger partial charge is 0.348 e. The molecule has 0 aliphatic heterocycles. The maximum Gasteiger partial charge on any atom is 0.287 e. The molecule has 148 valence electrons. The summed E-state index contributed by atoms with van der Waals surface area (Å²) in [5.74, 6) is 2.26. The lowest BCUT2D eigenvalue weighted by molar-refractivity contribution is -0.382. The highest BCUT2D eigenvalue weighted by Gasteiger charge is 2.53. The molecule has 0 radical (unpaired) electrons. The van der Waals surface area contributed by atoms with Crippen molar-refractivity contribution in [3.05, 3.63) is 38.2 Å². The third-order valence-corrected chi connectivity index (χ3v) is 9.12. The quantitative estimate of drug-likeness (QED) is 0.503. The van der Waals surface area contributed by atoms with Gasteiger partial charge in [-0.25, -0.2) is 0 Å². The van der Waals surface area contributed by atoms with Gasteiger partial charge in [-0.15, -0.1) is 11.3 Å². The minimum atomic E-state index is -0.422. The standard InChI is InChI=1S/C21H23ClN2O3S/c1-11(21-8-12-5-13(9-21)7-14(6-12)10-21)23-20(25)19-17(22)15-3-2-4-16(24(26)27)18(15)28-19/h2-4,11-14H,5-10H2,1H3,(H,23,25). The zero-order chi connectivity index (χ0) is 19.6. The van der Waals surface area contributed by atoms with E-state index < -0.39 is 4.92 Å². The number of halogens is 1. The normalized spacial score (nSPS) is 31.9. The SMILES string of the molecule is CC(NC(=O)c1sc2c([N+](=O)[O-])cccc2c1Cl)C12CC3CC(CC(C3)C1)C2. The molecule has 6 rings (SSSR count). The Hall–Kier alpha value is -1.66. The van der Waals surface area contributed by atoms with Crippen LogP contribution in [-0.2, 0) is 0 Å². The van der Waals surface area contributed by atoms with Gasteiger partial charge in [0.15, 0.2) is 0 Å². The minimum Gasteiger partial charge on any atom is -0.348 e. The molecule has 4 aliphatic carbocycles. The summed E-state index contributed by atoms with van der Waals surface area (Å²) in [7, 11) is 0. The van der Waals surface area contributed by atoms with E-state index in [0.717, 1.165) is 29.1 Å². The summed E-state index contributed by atoms with van der Waals surface area (Å²) in [5, 5.41) is 15.4. The fourth-order valence-corrected chi connectivity index (χ4v) is 7.98. The lowest BCUT2D eigenvalue weighted by atomic mass is 9.48. The topological polar surface area (TPSA) is 72.2 Å². The summed E-state index contributed by atoms with van der Waals surface area (Å²) in [6.07, 6.45) is 7.74. The van der Waals surface area contributed by atoms with Crippen molar-refractivity contribution >= 4 is 44.6 Å². The van der Waals surface area contributed by atoms with Crippen LogP contribution in [-0.4, -0.2) is 16.9 Å². The second-order valence-electron chi connectivity index (χ2n) is 9.13. The van der Waals surface area contributed by atoms with Crippen LogP contribution in [0.5, 0.6) is 0 Å². The lowest BCUT2D eigenvalue weighted by Gasteiger charge is -2.59. The summed E-state index contributed by atoms with van der Waals surface area (Å²) in [5.41, 5.74) is 0.206. The van der Waals surface area contributed by atoms with E-state index in [-0.39, 0.29) is 23.1 Å². The number of nitrogens with zero attached hydrogens (tertiary/aromatic N) is 1. The average molecular weight is 419 g/mol. The molecule has 0 saturated heterocycles. The molecule has 1 aromatic heterocycles. The fourth-order valence-electron chi connectivity index (χ4n) is 6.49. The summed E-state index contributed by atoms with van der Waals surface area (Å²) in [6, 6.07) is 4.89. The maximum absolute atomic E-state index is 13.1. The molecule has 4 saturated carbocycles. The van der Waals surface area contributed by atoms with Crippen molar-refractivity contribution in [3.63, 3.8) is 0 Å². The molecular formula is C21H23ClN2O3S. The van der Waals surface area contributed by atoms with Gasteiger partial charge in [0.25, 0.3) is 11.6 Å². The van der Waals surface area contributed by atoms with Crippen LogP contribution in [0.25, 0.3) is 10.1 Å². The third-order valence-electron chi connectivity index (χ3n) is 7.39. The number of nitro groups is 1. The first kappa shape index (κ1) is 18.4. The molecule has 5 nitrogen and oxygen atoms in total. The van der Waals surface area contributed by atoms with Crippen LogP contribution in [0, 0.1) is 33.3 Å². The number of amides is 1. The third kappa shape index (κ3) is 2.76. The predicted molar refractivity (Wildman–Crippen MR) is 111 cm³/mol. The second-order valence-corrected chi connectivity index (χ2v) is 10.5. The molecule has 4 fully saturated rings. The van der Waals surface area contributed by atoms with Gasteiger partial charge in [-0.05, 0) is 68.6 Å². The number of nitro benzene ring substituents is 1. The number of hydrogen-bond acceptors (Lipinski definition) is 4. The number of benzene rings is 1. The fraction of sp³-hybridized carbons (Fsp3) is 0.571. The number of thiophene rings is 1. The lowest BCUT2D eigenvalue weighted by Crippen LogP contribution is -2.55. The molecule has 28 heavy (non-hydrogen) atoms. The Morgan fingerprint density at radius 3 is 2.43 bits per heavy atom. The van der Waals surface area contributed by atoms with Crippen LogP contribution >= 0.6 is 22.9 Å². The highest BCUT2D eigenvalue weighted by Crippen LogP contribution is 2.61. The van der Waals surface area contributed by atoms with Gasteiger partial charge in [-0.2, -0.15) is 0 Å². The zero-order valence-corrected chi connectivity index (χ0v) is 17.3. The molecule has 2 aromatic rings. The number of nitrogens with one attached hydrogen (secondary N) is 1. The van der Waals surface area contributed by atoms with E-state index in [0.29, 0.717) is 20.0 Å². The van der Waals surface area contributed by atoms with Crippen LogP contribution in [0.15, 0.2) is 18.2 Å². The molecule has 1 heterocycles. The Balaban J connectivity index is 1.42. The first-order valence-corrected chi connectivity index (χ1v) is 11.2. The van der Waals surface area contributed by atoms with E-state index in [1.165, 1.54) is 44.6 Å². The second kappa shape index (κ2) is 6.42. The molecule has 0 spiro atoms.